The number of piperidine rings is 1. The fraction of sp³-hybridized carbons (Fsp3) is 0.600. The van der Waals surface area contributed by atoms with Crippen molar-refractivity contribution in [2.75, 3.05) is 34.4 Å². The molecule has 1 unspecified atom stereocenters. The van der Waals surface area contributed by atoms with E-state index in [2.05, 4.69) is 28.6 Å². The van der Waals surface area contributed by atoms with Crippen LogP contribution in [0.15, 0.2) is 17.1 Å². The maximum atomic E-state index is 11.6. The van der Waals surface area contributed by atoms with Gasteiger partial charge in [0.15, 0.2) is 5.96 Å². The Hall–Kier alpha value is -2.64. The monoisotopic (exact) mass is 390 g/mol. The molecule has 1 aromatic rings. The molecule has 1 fully saturated rings. The van der Waals surface area contributed by atoms with Crippen LogP contribution in [0.2, 0.25) is 0 Å². The number of ether oxygens (including phenoxy) is 3. The Morgan fingerprint density at radius 3 is 2.71 bits per heavy atom. The normalized spacial score (nSPS) is 19.6. The molecule has 2 aliphatic heterocycles. The minimum absolute atomic E-state index is 0.202. The van der Waals surface area contributed by atoms with Crippen LogP contribution in [0.5, 0.6) is 11.5 Å². The Kier molecular flexibility index (Phi) is 6.49. The van der Waals surface area contributed by atoms with Crippen molar-refractivity contribution in [1.82, 2.24) is 15.5 Å². The third-order valence-electron chi connectivity index (χ3n) is 5.24. The molecule has 1 saturated heterocycles. The summed E-state index contributed by atoms with van der Waals surface area (Å²) in [4.78, 5) is 17.6. The largest absolute Gasteiger partial charge is 0.496 e. The summed E-state index contributed by atoms with van der Waals surface area (Å²) < 4.78 is 16.2. The number of likely N-dealkylation sites (tertiary alicyclic amines) is 1. The van der Waals surface area contributed by atoms with Crippen LogP contribution in [0.1, 0.15) is 30.9 Å². The number of carbonyl (C=O) groups is 1. The molecular weight excluding hydrogens is 360 g/mol. The zero-order valence-corrected chi connectivity index (χ0v) is 17.1. The van der Waals surface area contributed by atoms with Gasteiger partial charge in [-0.15, -0.1) is 0 Å². The molecule has 0 aliphatic carbocycles. The predicted octanol–water partition coefficient (Wildman–Crippen LogP) is 1.91. The second-order valence-electron chi connectivity index (χ2n) is 7.21. The average molecular weight is 390 g/mol. The molecular formula is C20H30N4O4. The number of guanidine groups is 1. The number of amides is 1. The Labute approximate surface area is 166 Å². The third-order valence-corrected chi connectivity index (χ3v) is 5.24. The fourth-order valence-corrected chi connectivity index (χ4v) is 3.71. The summed E-state index contributed by atoms with van der Waals surface area (Å²) in [6.07, 6.45) is 2.55. The first-order valence-electron chi connectivity index (χ1n) is 9.70. The van der Waals surface area contributed by atoms with Crippen molar-refractivity contribution in [3.05, 3.63) is 23.3 Å². The summed E-state index contributed by atoms with van der Waals surface area (Å²) in [5, 5.41) is 6.79. The lowest BCUT2D eigenvalue weighted by Gasteiger charge is -2.32. The number of hydrogen-bond donors (Lipinski definition) is 2. The Morgan fingerprint density at radius 1 is 1.32 bits per heavy atom. The first-order chi connectivity index (χ1) is 13.5. The molecule has 1 amide bonds. The standard InChI is InChI=1S/C20H30N4O4/c1-13-9-14-10-17(26-3)15(11-18(14)28-13)12-22-19(21-2)23-16-5-7-24(8-6-16)20(25)27-4/h10-11,13,16H,5-9,12H2,1-4H3,(H2,21,22,23). The van der Waals surface area contributed by atoms with Crippen molar-refractivity contribution < 1.29 is 19.0 Å². The Bertz CT molecular complexity index is 729. The van der Waals surface area contributed by atoms with Crippen LogP contribution in [0, 0.1) is 0 Å². The van der Waals surface area contributed by atoms with E-state index >= 15 is 0 Å². The van der Waals surface area contributed by atoms with Crippen molar-refractivity contribution in [1.29, 1.82) is 0 Å². The zero-order valence-electron chi connectivity index (χ0n) is 17.1. The van der Waals surface area contributed by atoms with E-state index < -0.39 is 0 Å². The Morgan fingerprint density at radius 2 is 2.07 bits per heavy atom. The van der Waals surface area contributed by atoms with Crippen LogP contribution in [-0.4, -0.2) is 63.5 Å². The van der Waals surface area contributed by atoms with Crippen LogP contribution in [-0.2, 0) is 17.7 Å². The van der Waals surface area contributed by atoms with Crippen molar-refractivity contribution in [2.45, 2.75) is 44.9 Å². The number of fused-ring (bicyclic) bond motifs is 1. The molecule has 3 rings (SSSR count). The zero-order chi connectivity index (χ0) is 20.1. The first-order valence-corrected chi connectivity index (χ1v) is 9.70. The van der Waals surface area contributed by atoms with Crippen LogP contribution in [0.25, 0.3) is 0 Å². The fourth-order valence-electron chi connectivity index (χ4n) is 3.71. The third kappa shape index (κ3) is 4.61. The molecule has 2 N–H and O–H groups in total. The quantitative estimate of drug-likeness (QED) is 0.604. The van der Waals surface area contributed by atoms with Crippen LogP contribution >= 0.6 is 0 Å². The molecule has 2 heterocycles. The molecule has 0 spiro atoms. The minimum Gasteiger partial charge on any atom is -0.496 e. The highest BCUT2D eigenvalue weighted by atomic mass is 16.5. The van der Waals surface area contributed by atoms with Crippen LogP contribution < -0.4 is 20.1 Å². The van der Waals surface area contributed by atoms with E-state index in [-0.39, 0.29) is 18.2 Å². The number of aliphatic imine (C=N–C) groups is 1. The van der Waals surface area contributed by atoms with Gasteiger partial charge < -0.3 is 29.7 Å². The number of nitrogens with zero attached hydrogens (tertiary/aromatic N) is 2. The minimum atomic E-state index is -0.263. The number of rotatable bonds is 4. The molecule has 8 heteroatoms. The molecule has 0 bridgehead atoms. The highest BCUT2D eigenvalue weighted by Gasteiger charge is 2.24. The SMILES string of the molecule is CN=C(NCc1cc2c(cc1OC)CC(C)O2)NC1CCN(C(=O)OC)CC1. The average Bonchev–Trinajstić information content (AvgIpc) is 3.08. The first kappa shape index (κ1) is 20.1. The lowest BCUT2D eigenvalue weighted by molar-refractivity contribution is 0.111. The Balaban J connectivity index is 1.55. The van der Waals surface area contributed by atoms with Crippen molar-refractivity contribution in [3.8, 4) is 11.5 Å². The van der Waals surface area contributed by atoms with Gasteiger partial charge in [-0.3, -0.25) is 4.99 Å². The van der Waals surface area contributed by atoms with E-state index in [4.69, 9.17) is 14.2 Å². The topological polar surface area (TPSA) is 84.4 Å². The smallest absolute Gasteiger partial charge is 0.409 e. The van der Waals surface area contributed by atoms with Crippen LogP contribution in [0.3, 0.4) is 0 Å². The van der Waals surface area contributed by atoms with Gasteiger partial charge in [0.2, 0.25) is 0 Å². The van der Waals surface area contributed by atoms with Gasteiger partial charge in [-0.1, -0.05) is 0 Å². The molecule has 1 aromatic carbocycles. The second-order valence-corrected chi connectivity index (χ2v) is 7.21. The van der Waals surface area contributed by atoms with Gasteiger partial charge in [-0.25, -0.2) is 4.79 Å². The summed E-state index contributed by atoms with van der Waals surface area (Å²) in [6, 6.07) is 4.37. The summed E-state index contributed by atoms with van der Waals surface area (Å²) in [7, 11) is 4.85. The van der Waals surface area contributed by atoms with Gasteiger partial charge in [0.25, 0.3) is 0 Å². The lowest BCUT2D eigenvalue weighted by Crippen LogP contribution is -2.49. The van der Waals surface area contributed by atoms with Gasteiger partial charge in [-0.05, 0) is 31.9 Å². The van der Waals surface area contributed by atoms with Crippen molar-refractivity contribution in [2.24, 2.45) is 4.99 Å². The maximum absolute atomic E-state index is 11.6. The van der Waals surface area contributed by atoms with Gasteiger partial charge in [-0.2, -0.15) is 0 Å². The highest BCUT2D eigenvalue weighted by Crippen LogP contribution is 2.34. The molecule has 28 heavy (non-hydrogen) atoms. The van der Waals surface area contributed by atoms with E-state index in [0.717, 1.165) is 42.3 Å². The molecule has 0 radical (unpaired) electrons. The van der Waals surface area contributed by atoms with Crippen molar-refractivity contribution >= 4 is 12.1 Å². The maximum Gasteiger partial charge on any atom is 0.409 e. The molecule has 2 aliphatic rings. The number of benzene rings is 1. The predicted molar refractivity (Wildman–Crippen MR) is 107 cm³/mol. The van der Waals surface area contributed by atoms with E-state index in [9.17, 15) is 4.79 Å². The molecule has 8 nitrogen and oxygen atoms in total. The molecule has 154 valence electrons. The number of carbonyl (C=O) groups excluding carboxylic acids is 1. The van der Waals surface area contributed by atoms with Crippen LogP contribution in [0.4, 0.5) is 4.79 Å². The van der Waals surface area contributed by atoms with E-state index in [1.54, 1.807) is 19.1 Å². The highest BCUT2D eigenvalue weighted by molar-refractivity contribution is 5.80. The number of methoxy groups -OCH3 is 2. The summed E-state index contributed by atoms with van der Waals surface area (Å²) in [5.74, 6) is 2.52. The van der Waals surface area contributed by atoms with Gasteiger partial charge >= 0.3 is 6.09 Å². The van der Waals surface area contributed by atoms with Crippen molar-refractivity contribution in [3.63, 3.8) is 0 Å². The number of hydrogen-bond acceptors (Lipinski definition) is 5. The number of nitrogens with one attached hydrogen (secondary N) is 2. The van der Waals surface area contributed by atoms with E-state index in [0.29, 0.717) is 19.6 Å². The molecule has 0 aromatic heterocycles. The summed E-state index contributed by atoms with van der Waals surface area (Å²) >= 11 is 0. The van der Waals surface area contributed by atoms with E-state index in [1.807, 2.05) is 6.07 Å². The molecule has 1 atom stereocenters. The second kappa shape index (κ2) is 9.03. The van der Waals surface area contributed by atoms with E-state index in [1.165, 1.54) is 12.7 Å². The van der Waals surface area contributed by atoms with Gasteiger partial charge in [0.05, 0.1) is 14.2 Å². The van der Waals surface area contributed by atoms with Gasteiger partial charge in [0, 0.05) is 50.3 Å². The lowest BCUT2D eigenvalue weighted by atomic mass is 10.1. The molecule has 0 saturated carbocycles. The summed E-state index contributed by atoms with van der Waals surface area (Å²) in [6.45, 7) is 4.00. The van der Waals surface area contributed by atoms with Gasteiger partial charge in [0.1, 0.15) is 17.6 Å². The summed E-state index contributed by atoms with van der Waals surface area (Å²) in [5.41, 5.74) is 2.21.